The minimum Gasteiger partial charge on any atom is -0.388 e. The van der Waals surface area contributed by atoms with Crippen LogP contribution in [0.15, 0.2) is 18.2 Å². The van der Waals surface area contributed by atoms with Crippen molar-refractivity contribution in [3.05, 3.63) is 33.8 Å². The maximum Gasteiger partial charge on any atom is 0.255 e. The topological polar surface area (TPSA) is 60.8 Å². The van der Waals surface area contributed by atoms with Crippen LogP contribution < -0.4 is 0 Å². The number of likely N-dealkylation sites (tertiary alicyclic amines) is 1. The Labute approximate surface area is 108 Å². The third-order valence-corrected chi connectivity index (χ3v) is 3.26. The fourth-order valence-corrected chi connectivity index (χ4v) is 2.26. The summed E-state index contributed by atoms with van der Waals surface area (Å²) in [5.74, 6) is -0.317. The second-order valence-corrected chi connectivity index (χ2v) is 4.81. The van der Waals surface area contributed by atoms with Crippen molar-refractivity contribution in [1.29, 1.82) is 0 Å². The first-order valence-corrected chi connectivity index (χ1v) is 5.85. The summed E-state index contributed by atoms with van der Waals surface area (Å²) in [6.07, 6.45) is -1.80. The van der Waals surface area contributed by atoms with Gasteiger partial charge in [0, 0.05) is 18.1 Å². The third-order valence-electron chi connectivity index (χ3n) is 2.71. The number of nitrogens with zero attached hydrogens (tertiary/aromatic N) is 1. The molecule has 0 spiro atoms. The van der Waals surface area contributed by atoms with E-state index in [4.69, 9.17) is 23.2 Å². The van der Waals surface area contributed by atoms with Crippen LogP contribution in [0.1, 0.15) is 10.4 Å². The van der Waals surface area contributed by atoms with Crippen LogP contribution >= 0.6 is 23.2 Å². The fourth-order valence-electron chi connectivity index (χ4n) is 1.77. The van der Waals surface area contributed by atoms with Gasteiger partial charge in [-0.1, -0.05) is 23.2 Å². The van der Waals surface area contributed by atoms with Gasteiger partial charge in [0.1, 0.15) is 0 Å². The molecule has 0 unspecified atom stereocenters. The standard InChI is InChI=1S/C11H11Cl2NO3/c12-6-1-2-7(8(13)3-6)11(17)14-4-9(15)10(16)5-14/h1-3,9-10,15-16H,4-5H2/t9-,10+. The largest absolute Gasteiger partial charge is 0.388 e. The predicted octanol–water partition coefficient (Wildman–Crippen LogP) is 1.17. The van der Waals surface area contributed by atoms with Gasteiger partial charge in [-0.15, -0.1) is 0 Å². The van der Waals surface area contributed by atoms with E-state index in [1.165, 1.54) is 17.0 Å². The highest BCUT2D eigenvalue weighted by Crippen LogP contribution is 2.23. The average Bonchev–Trinajstić information content (AvgIpc) is 2.58. The summed E-state index contributed by atoms with van der Waals surface area (Å²) in [6.45, 7) is 0.220. The van der Waals surface area contributed by atoms with E-state index in [0.717, 1.165) is 0 Å². The van der Waals surface area contributed by atoms with E-state index >= 15 is 0 Å². The lowest BCUT2D eigenvalue weighted by Gasteiger charge is -2.16. The first-order valence-electron chi connectivity index (χ1n) is 5.09. The predicted molar refractivity (Wildman–Crippen MR) is 64.4 cm³/mol. The number of carbonyl (C=O) groups is 1. The zero-order valence-corrected chi connectivity index (χ0v) is 10.3. The van der Waals surface area contributed by atoms with Crippen LogP contribution in [0.4, 0.5) is 0 Å². The highest BCUT2D eigenvalue weighted by atomic mass is 35.5. The molecule has 0 radical (unpaired) electrons. The van der Waals surface area contributed by atoms with Crippen LogP contribution in [-0.4, -0.2) is 46.3 Å². The smallest absolute Gasteiger partial charge is 0.255 e. The molecule has 92 valence electrons. The molecule has 1 fully saturated rings. The Balaban J connectivity index is 2.20. The Bertz CT molecular complexity index is 442. The van der Waals surface area contributed by atoms with Crippen molar-refractivity contribution in [3.8, 4) is 0 Å². The average molecular weight is 276 g/mol. The number of β-amino-alcohol motifs (C(OH)–C–C–N with tert-alkyl or cyclic N) is 2. The van der Waals surface area contributed by atoms with Crippen molar-refractivity contribution in [3.63, 3.8) is 0 Å². The maximum atomic E-state index is 12.0. The van der Waals surface area contributed by atoms with Crippen molar-refractivity contribution in [1.82, 2.24) is 4.90 Å². The number of aliphatic hydroxyl groups excluding tert-OH is 2. The molecule has 0 aliphatic carbocycles. The first-order chi connectivity index (χ1) is 7.99. The molecule has 0 aromatic heterocycles. The Kier molecular flexibility index (Phi) is 3.58. The van der Waals surface area contributed by atoms with Gasteiger partial charge in [-0.2, -0.15) is 0 Å². The molecule has 6 heteroatoms. The minimum atomic E-state index is -0.898. The fraction of sp³-hybridized carbons (Fsp3) is 0.364. The molecule has 2 rings (SSSR count). The van der Waals surface area contributed by atoms with Crippen LogP contribution in [0, 0.1) is 0 Å². The molecule has 1 heterocycles. The summed E-state index contributed by atoms with van der Waals surface area (Å²) >= 11 is 11.7. The Hall–Kier alpha value is -0.810. The molecule has 4 nitrogen and oxygen atoms in total. The summed E-state index contributed by atoms with van der Waals surface area (Å²) in [4.78, 5) is 13.4. The lowest BCUT2D eigenvalue weighted by molar-refractivity contribution is 0.0572. The maximum absolute atomic E-state index is 12.0. The lowest BCUT2D eigenvalue weighted by Crippen LogP contribution is -2.30. The second kappa shape index (κ2) is 4.82. The summed E-state index contributed by atoms with van der Waals surface area (Å²) in [5, 5.41) is 19.5. The number of carbonyl (C=O) groups excluding carboxylic acids is 1. The van der Waals surface area contributed by atoms with Gasteiger partial charge in [-0.3, -0.25) is 4.79 Å². The van der Waals surface area contributed by atoms with Crippen LogP contribution in [0.25, 0.3) is 0 Å². The van der Waals surface area contributed by atoms with Crippen LogP contribution in [0.2, 0.25) is 10.0 Å². The van der Waals surface area contributed by atoms with E-state index in [1.54, 1.807) is 6.07 Å². The van der Waals surface area contributed by atoms with E-state index in [2.05, 4.69) is 0 Å². The summed E-state index contributed by atoms with van der Waals surface area (Å²) < 4.78 is 0. The highest BCUT2D eigenvalue weighted by molar-refractivity contribution is 6.36. The molecular formula is C11H11Cl2NO3. The highest BCUT2D eigenvalue weighted by Gasteiger charge is 2.33. The van der Waals surface area contributed by atoms with Gasteiger partial charge in [0.15, 0.2) is 0 Å². The lowest BCUT2D eigenvalue weighted by atomic mass is 10.2. The molecule has 1 saturated heterocycles. The summed E-state index contributed by atoms with van der Waals surface area (Å²) in [5.41, 5.74) is 0.317. The van der Waals surface area contributed by atoms with Gasteiger partial charge >= 0.3 is 0 Å². The Morgan fingerprint density at radius 1 is 1.24 bits per heavy atom. The van der Waals surface area contributed by atoms with Gasteiger partial charge < -0.3 is 15.1 Å². The van der Waals surface area contributed by atoms with E-state index in [9.17, 15) is 15.0 Å². The van der Waals surface area contributed by atoms with Gasteiger partial charge in [-0.25, -0.2) is 0 Å². The Morgan fingerprint density at radius 2 is 1.82 bits per heavy atom. The minimum absolute atomic E-state index is 0.110. The van der Waals surface area contributed by atoms with Crippen molar-refractivity contribution >= 4 is 29.1 Å². The van der Waals surface area contributed by atoms with Crippen LogP contribution in [0.3, 0.4) is 0 Å². The normalized spacial score (nSPS) is 24.1. The molecule has 17 heavy (non-hydrogen) atoms. The third kappa shape index (κ3) is 2.55. The quantitative estimate of drug-likeness (QED) is 0.809. The molecule has 1 amide bonds. The molecule has 1 aromatic carbocycles. The van der Waals surface area contributed by atoms with Crippen molar-refractivity contribution in [2.75, 3.05) is 13.1 Å². The number of hydrogen-bond acceptors (Lipinski definition) is 3. The number of halogens is 2. The van der Waals surface area contributed by atoms with Crippen molar-refractivity contribution in [2.45, 2.75) is 12.2 Å². The number of benzene rings is 1. The van der Waals surface area contributed by atoms with Crippen molar-refractivity contribution in [2.24, 2.45) is 0 Å². The molecule has 0 bridgehead atoms. The van der Waals surface area contributed by atoms with E-state index in [0.29, 0.717) is 10.6 Å². The SMILES string of the molecule is O=C(c1ccc(Cl)cc1Cl)N1C[C@@H](O)[C@@H](O)C1. The summed E-state index contributed by atoms with van der Waals surface area (Å²) in [6, 6.07) is 4.59. The molecule has 1 aromatic rings. The number of aliphatic hydroxyl groups is 2. The second-order valence-electron chi connectivity index (χ2n) is 3.97. The van der Waals surface area contributed by atoms with Crippen LogP contribution in [-0.2, 0) is 0 Å². The van der Waals surface area contributed by atoms with Crippen molar-refractivity contribution < 1.29 is 15.0 Å². The number of rotatable bonds is 1. The van der Waals surface area contributed by atoms with Gasteiger partial charge in [0.25, 0.3) is 5.91 Å². The van der Waals surface area contributed by atoms with Gasteiger partial charge in [-0.05, 0) is 18.2 Å². The monoisotopic (exact) mass is 275 g/mol. The van der Waals surface area contributed by atoms with E-state index in [-0.39, 0.29) is 24.0 Å². The first kappa shape index (κ1) is 12.6. The van der Waals surface area contributed by atoms with E-state index < -0.39 is 12.2 Å². The van der Waals surface area contributed by atoms with Crippen LogP contribution in [0.5, 0.6) is 0 Å². The molecule has 2 atom stereocenters. The molecule has 2 N–H and O–H groups in total. The van der Waals surface area contributed by atoms with Gasteiger partial charge in [0.2, 0.25) is 0 Å². The van der Waals surface area contributed by atoms with E-state index in [1.807, 2.05) is 0 Å². The molecule has 1 aliphatic rings. The zero-order chi connectivity index (χ0) is 12.6. The number of amides is 1. The molecule has 1 aliphatic heterocycles. The molecule has 0 saturated carbocycles. The summed E-state index contributed by atoms with van der Waals surface area (Å²) in [7, 11) is 0. The molecular weight excluding hydrogens is 265 g/mol. The Morgan fingerprint density at radius 3 is 2.35 bits per heavy atom. The van der Waals surface area contributed by atoms with Gasteiger partial charge in [0.05, 0.1) is 22.8 Å². The zero-order valence-electron chi connectivity index (χ0n) is 8.81. The number of hydrogen-bond donors (Lipinski definition) is 2.